The molecule has 0 bridgehead atoms. The minimum absolute atomic E-state index is 0.0131. The van der Waals surface area contributed by atoms with Crippen molar-refractivity contribution in [3.05, 3.63) is 45.8 Å². The van der Waals surface area contributed by atoms with E-state index in [1.54, 1.807) is 17.0 Å². The number of carbonyl (C=O) groups is 2. The Hall–Kier alpha value is -2.63. The number of fused-ring (bicyclic) bond motifs is 1. The molecule has 0 unspecified atom stereocenters. The van der Waals surface area contributed by atoms with Gasteiger partial charge in [0.2, 0.25) is 5.91 Å². The highest BCUT2D eigenvalue weighted by molar-refractivity contribution is 5.93. The lowest BCUT2D eigenvalue weighted by molar-refractivity contribution is -0.127. The third kappa shape index (κ3) is 3.26. The Bertz CT molecular complexity index is 825. The SMILES string of the molecule is Cc1ccc2c(=O)cc(C(=O)NCCN3CCCC3=O)oc2c1. The minimum Gasteiger partial charge on any atom is -0.451 e. The molecular formula is C17H18N2O4. The van der Waals surface area contributed by atoms with Crippen LogP contribution in [0, 0.1) is 6.92 Å². The summed E-state index contributed by atoms with van der Waals surface area (Å²) < 4.78 is 5.54. The van der Waals surface area contributed by atoms with Crippen LogP contribution in [0.25, 0.3) is 11.0 Å². The third-order valence-electron chi connectivity index (χ3n) is 3.95. The molecule has 0 atom stereocenters. The van der Waals surface area contributed by atoms with E-state index in [1.165, 1.54) is 6.07 Å². The van der Waals surface area contributed by atoms with Gasteiger partial charge in [0.1, 0.15) is 5.58 Å². The van der Waals surface area contributed by atoms with E-state index in [0.29, 0.717) is 30.5 Å². The van der Waals surface area contributed by atoms with E-state index in [1.807, 2.05) is 13.0 Å². The molecule has 0 saturated carbocycles. The fourth-order valence-electron chi connectivity index (χ4n) is 2.71. The Morgan fingerprint density at radius 1 is 1.30 bits per heavy atom. The number of amides is 2. The van der Waals surface area contributed by atoms with E-state index < -0.39 is 5.91 Å². The van der Waals surface area contributed by atoms with Crippen molar-refractivity contribution in [3.63, 3.8) is 0 Å². The normalized spacial score (nSPS) is 14.5. The largest absolute Gasteiger partial charge is 0.451 e. The smallest absolute Gasteiger partial charge is 0.287 e. The van der Waals surface area contributed by atoms with Gasteiger partial charge >= 0.3 is 0 Å². The lowest BCUT2D eigenvalue weighted by Crippen LogP contribution is -2.35. The van der Waals surface area contributed by atoms with Gasteiger partial charge in [-0.3, -0.25) is 14.4 Å². The van der Waals surface area contributed by atoms with Crippen molar-refractivity contribution in [1.82, 2.24) is 10.2 Å². The van der Waals surface area contributed by atoms with E-state index in [4.69, 9.17) is 4.42 Å². The number of aryl methyl sites for hydroxylation is 1. The van der Waals surface area contributed by atoms with Crippen LogP contribution in [0.15, 0.2) is 33.5 Å². The average Bonchev–Trinajstić information content (AvgIpc) is 2.92. The summed E-state index contributed by atoms with van der Waals surface area (Å²) in [5, 5.41) is 3.14. The van der Waals surface area contributed by atoms with Gasteiger partial charge in [0.15, 0.2) is 11.2 Å². The topological polar surface area (TPSA) is 79.6 Å². The van der Waals surface area contributed by atoms with E-state index >= 15 is 0 Å². The van der Waals surface area contributed by atoms with Crippen LogP contribution in [0.1, 0.15) is 29.0 Å². The van der Waals surface area contributed by atoms with Crippen molar-refractivity contribution in [3.8, 4) is 0 Å². The number of hydrogen-bond acceptors (Lipinski definition) is 4. The van der Waals surface area contributed by atoms with Gasteiger partial charge in [-0.05, 0) is 31.0 Å². The third-order valence-corrected chi connectivity index (χ3v) is 3.95. The first kappa shape index (κ1) is 15.3. The summed E-state index contributed by atoms with van der Waals surface area (Å²) in [6, 6.07) is 6.45. The zero-order valence-corrected chi connectivity index (χ0v) is 12.9. The maximum absolute atomic E-state index is 12.1. The van der Waals surface area contributed by atoms with Crippen LogP contribution in [0.5, 0.6) is 0 Å². The van der Waals surface area contributed by atoms with E-state index in [9.17, 15) is 14.4 Å². The van der Waals surface area contributed by atoms with Gasteiger partial charge < -0.3 is 14.6 Å². The molecule has 6 heteroatoms. The number of hydrogen-bond donors (Lipinski definition) is 1. The zero-order valence-electron chi connectivity index (χ0n) is 12.9. The van der Waals surface area contributed by atoms with Crippen molar-refractivity contribution in [2.24, 2.45) is 0 Å². The molecule has 0 radical (unpaired) electrons. The predicted molar refractivity (Wildman–Crippen MR) is 85.4 cm³/mol. The van der Waals surface area contributed by atoms with E-state index in [0.717, 1.165) is 18.5 Å². The highest BCUT2D eigenvalue weighted by Gasteiger charge is 2.20. The zero-order chi connectivity index (χ0) is 16.4. The van der Waals surface area contributed by atoms with Crippen molar-refractivity contribution < 1.29 is 14.0 Å². The maximum Gasteiger partial charge on any atom is 0.287 e. The highest BCUT2D eigenvalue weighted by atomic mass is 16.3. The van der Waals surface area contributed by atoms with Gasteiger partial charge in [0, 0.05) is 32.1 Å². The Morgan fingerprint density at radius 3 is 2.87 bits per heavy atom. The molecule has 1 N–H and O–H groups in total. The van der Waals surface area contributed by atoms with Crippen molar-refractivity contribution in [1.29, 1.82) is 0 Å². The maximum atomic E-state index is 12.1. The first-order valence-corrected chi connectivity index (χ1v) is 7.65. The van der Waals surface area contributed by atoms with Crippen molar-refractivity contribution >= 4 is 22.8 Å². The van der Waals surface area contributed by atoms with E-state index in [2.05, 4.69) is 5.32 Å². The fourth-order valence-corrected chi connectivity index (χ4v) is 2.71. The van der Waals surface area contributed by atoms with Crippen LogP contribution < -0.4 is 10.7 Å². The highest BCUT2D eigenvalue weighted by Crippen LogP contribution is 2.14. The number of benzene rings is 1. The van der Waals surface area contributed by atoms with Gasteiger partial charge in [0.25, 0.3) is 5.91 Å². The molecule has 1 aromatic heterocycles. The Labute approximate surface area is 133 Å². The number of nitrogens with one attached hydrogen (secondary N) is 1. The number of likely N-dealkylation sites (tertiary alicyclic amines) is 1. The number of rotatable bonds is 4. The summed E-state index contributed by atoms with van der Waals surface area (Å²) >= 11 is 0. The van der Waals surface area contributed by atoms with E-state index in [-0.39, 0.29) is 17.1 Å². The first-order valence-electron chi connectivity index (χ1n) is 7.65. The summed E-state index contributed by atoms with van der Waals surface area (Å²) in [6.07, 6.45) is 1.44. The van der Waals surface area contributed by atoms with Crippen molar-refractivity contribution in [2.45, 2.75) is 19.8 Å². The standard InChI is InChI=1S/C17H18N2O4/c1-11-4-5-12-13(20)10-15(23-14(12)9-11)17(22)18-6-8-19-7-2-3-16(19)21/h4-5,9-10H,2-3,6-8H2,1H3,(H,18,22). The second-order valence-electron chi connectivity index (χ2n) is 5.71. The molecule has 1 saturated heterocycles. The number of nitrogens with zero attached hydrogens (tertiary/aromatic N) is 1. The summed E-state index contributed by atoms with van der Waals surface area (Å²) in [7, 11) is 0. The molecular weight excluding hydrogens is 296 g/mol. The average molecular weight is 314 g/mol. The molecule has 2 heterocycles. The van der Waals surface area contributed by atoms with Gasteiger partial charge in [-0.1, -0.05) is 6.07 Å². The predicted octanol–water partition coefficient (Wildman–Crippen LogP) is 1.45. The Morgan fingerprint density at radius 2 is 2.13 bits per heavy atom. The van der Waals surface area contributed by atoms with Crippen LogP contribution in [0.2, 0.25) is 0 Å². The van der Waals surface area contributed by atoms with Crippen molar-refractivity contribution in [2.75, 3.05) is 19.6 Å². The molecule has 6 nitrogen and oxygen atoms in total. The van der Waals surface area contributed by atoms with Crippen LogP contribution in [0.4, 0.5) is 0 Å². The monoisotopic (exact) mass is 314 g/mol. The molecule has 0 spiro atoms. The summed E-state index contributed by atoms with van der Waals surface area (Å²) in [5.41, 5.74) is 1.11. The van der Waals surface area contributed by atoms with Gasteiger partial charge in [-0.25, -0.2) is 0 Å². The van der Waals surface area contributed by atoms with Crippen LogP contribution in [0.3, 0.4) is 0 Å². The molecule has 2 aromatic rings. The lowest BCUT2D eigenvalue weighted by Gasteiger charge is -2.15. The molecule has 120 valence electrons. The second kappa shape index (κ2) is 6.24. The number of carbonyl (C=O) groups excluding carboxylic acids is 2. The molecule has 1 aromatic carbocycles. The minimum atomic E-state index is -0.447. The molecule has 0 aliphatic carbocycles. The summed E-state index contributed by atoms with van der Waals surface area (Å²) in [5.74, 6) is -0.343. The summed E-state index contributed by atoms with van der Waals surface area (Å²) in [6.45, 7) is 3.43. The summed E-state index contributed by atoms with van der Waals surface area (Å²) in [4.78, 5) is 37.4. The Kier molecular flexibility index (Phi) is 4.14. The lowest BCUT2D eigenvalue weighted by atomic mass is 10.1. The van der Waals surface area contributed by atoms with Crippen LogP contribution >= 0.6 is 0 Å². The molecule has 1 aliphatic rings. The van der Waals surface area contributed by atoms with Gasteiger partial charge in [-0.15, -0.1) is 0 Å². The fraction of sp³-hybridized carbons (Fsp3) is 0.353. The quantitative estimate of drug-likeness (QED) is 0.926. The molecule has 1 fully saturated rings. The second-order valence-corrected chi connectivity index (χ2v) is 5.71. The Balaban J connectivity index is 1.70. The van der Waals surface area contributed by atoms with Crippen LogP contribution in [-0.2, 0) is 4.79 Å². The molecule has 23 heavy (non-hydrogen) atoms. The molecule has 3 rings (SSSR count). The molecule has 2 amide bonds. The first-order chi connectivity index (χ1) is 11.0. The van der Waals surface area contributed by atoms with Gasteiger partial charge in [-0.2, -0.15) is 0 Å². The van der Waals surface area contributed by atoms with Crippen LogP contribution in [-0.4, -0.2) is 36.3 Å². The molecule has 1 aliphatic heterocycles. The van der Waals surface area contributed by atoms with Gasteiger partial charge in [0.05, 0.1) is 5.39 Å².